The highest BCUT2D eigenvalue weighted by Crippen LogP contribution is 2.15. The first-order valence-corrected chi connectivity index (χ1v) is 2.79. The summed E-state index contributed by atoms with van der Waals surface area (Å²) in [4.78, 5) is 13.6. The van der Waals surface area contributed by atoms with Crippen LogP contribution in [0.4, 0.5) is 5.88 Å². The summed E-state index contributed by atoms with van der Waals surface area (Å²) in [6.45, 7) is 0.0356. The van der Waals surface area contributed by atoms with Crippen molar-refractivity contribution in [3.8, 4) is 0 Å². The number of rotatable bonds is 3. The molecule has 0 aliphatic carbocycles. The molecule has 0 aromatic carbocycles. The van der Waals surface area contributed by atoms with E-state index < -0.39 is 4.92 Å². The molecule has 1 rings (SSSR count). The quantitative estimate of drug-likeness (QED) is 0.513. The van der Waals surface area contributed by atoms with Gasteiger partial charge in [0, 0.05) is 0 Å². The Balaban J connectivity index is 2.73. The van der Waals surface area contributed by atoms with E-state index in [1.54, 1.807) is 0 Å². The van der Waals surface area contributed by atoms with E-state index >= 15 is 0 Å². The summed E-state index contributed by atoms with van der Waals surface area (Å²) in [5, 5.41) is 10.1. The zero-order chi connectivity index (χ0) is 8.27. The van der Waals surface area contributed by atoms with Crippen molar-refractivity contribution in [3.63, 3.8) is 0 Å². The molecule has 6 heteroatoms. The number of nitro groups is 1. The van der Waals surface area contributed by atoms with Gasteiger partial charge in [-0.2, -0.15) is 0 Å². The third kappa shape index (κ3) is 1.76. The smallest absolute Gasteiger partial charge is 0.403 e. The summed E-state index contributed by atoms with van der Waals surface area (Å²) >= 11 is 0. The van der Waals surface area contributed by atoms with Crippen molar-refractivity contribution in [3.05, 3.63) is 28.0 Å². The summed E-state index contributed by atoms with van der Waals surface area (Å²) in [7, 11) is 0. The summed E-state index contributed by atoms with van der Waals surface area (Å²) in [5.41, 5.74) is 0. The van der Waals surface area contributed by atoms with Gasteiger partial charge in [0.05, 0.1) is 6.07 Å². The van der Waals surface area contributed by atoms with Crippen molar-refractivity contribution >= 4 is 5.88 Å². The van der Waals surface area contributed by atoms with Crippen LogP contribution in [0.25, 0.3) is 0 Å². The van der Waals surface area contributed by atoms with Crippen molar-refractivity contribution < 1.29 is 14.2 Å². The van der Waals surface area contributed by atoms with E-state index in [-0.39, 0.29) is 12.5 Å². The number of furan rings is 1. The van der Waals surface area contributed by atoms with E-state index in [2.05, 4.69) is 9.25 Å². The van der Waals surface area contributed by atoms with Gasteiger partial charge in [0.1, 0.15) is 17.3 Å². The van der Waals surface area contributed by atoms with Gasteiger partial charge in [-0.1, -0.05) is 0 Å². The predicted octanol–water partition coefficient (Wildman–Crippen LogP) is 0.578. The standard InChI is InChI=1S/C5H6N2O4/c6-10-3-4-1-2-5(11-4)7(8)9/h1-2H,3,6H2. The highest BCUT2D eigenvalue weighted by atomic mass is 16.7. The molecule has 2 N–H and O–H groups in total. The van der Waals surface area contributed by atoms with Gasteiger partial charge < -0.3 is 4.42 Å². The van der Waals surface area contributed by atoms with Crippen molar-refractivity contribution in [2.45, 2.75) is 6.61 Å². The molecule has 0 amide bonds. The number of nitrogens with zero attached hydrogens (tertiary/aromatic N) is 1. The number of nitrogens with two attached hydrogens (primary N) is 1. The van der Waals surface area contributed by atoms with Crippen molar-refractivity contribution in [2.24, 2.45) is 5.90 Å². The van der Waals surface area contributed by atoms with Gasteiger partial charge >= 0.3 is 5.88 Å². The molecule has 0 aliphatic rings. The highest BCUT2D eigenvalue weighted by molar-refractivity contribution is 5.17. The first kappa shape index (κ1) is 7.70. The average molecular weight is 158 g/mol. The van der Waals surface area contributed by atoms with E-state index in [9.17, 15) is 10.1 Å². The Morgan fingerprint density at radius 1 is 1.73 bits per heavy atom. The van der Waals surface area contributed by atoms with E-state index in [0.29, 0.717) is 5.76 Å². The molecule has 11 heavy (non-hydrogen) atoms. The predicted molar refractivity (Wildman–Crippen MR) is 34.3 cm³/mol. The molecule has 0 aliphatic heterocycles. The minimum Gasteiger partial charge on any atom is -0.403 e. The Kier molecular flexibility index (Phi) is 2.19. The van der Waals surface area contributed by atoms with E-state index in [0.717, 1.165) is 0 Å². The van der Waals surface area contributed by atoms with Crippen molar-refractivity contribution in [2.75, 3.05) is 0 Å². The van der Waals surface area contributed by atoms with E-state index in [4.69, 9.17) is 5.90 Å². The van der Waals surface area contributed by atoms with Crippen LogP contribution in [-0.2, 0) is 11.4 Å². The molecule has 0 spiro atoms. The molecule has 6 nitrogen and oxygen atoms in total. The van der Waals surface area contributed by atoms with Gasteiger partial charge in [0.25, 0.3) is 0 Å². The van der Waals surface area contributed by atoms with Crippen LogP contribution in [0.15, 0.2) is 16.5 Å². The molecule has 0 saturated heterocycles. The SMILES string of the molecule is NOCc1ccc([N+](=O)[O-])o1. The van der Waals surface area contributed by atoms with Crippen LogP contribution in [0, 0.1) is 10.1 Å². The Morgan fingerprint density at radius 3 is 2.91 bits per heavy atom. The highest BCUT2D eigenvalue weighted by Gasteiger charge is 2.10. The topological polar surface area (TPSA) is 91.5 Å². The molecule has 0 radical (unpaired) electrons. The van der Waals surface area contributed by atoms with Gasteiger partial charge in [-0.05, 0) is 6.07 Å². The van der Waals surface area contributed by atoms with Gasteiger partial charge in [0.2, 0.25) is 0 Å². The third-order valence-corrected chi connectivity index (χ3v) is 1.05. The summed E-state index contributed by atoms with van der Waals surface area (Å²) in [5.74, 6) is 4.74. The minimum atomic E-state index is -0.625. The molecule has 1 aromatic heterocycles. The van der Waals surface area contributed by atoms with Crippen LogP contribution in [-0.4, -0.2) is 4.92 Å². The molecule has 60 valence electrons. The van der Waals surface area contributed by atoms with E-state index in [1.807, 2.05) is 0 Å². The fourth-order valence-electron chi connectivity index (χ4n) is 0.624. The lowest BCUT2D eigenvalue weighted by Gasteiger charge is -1.88. The monoisotopic (exact) mass is 158 g/mol. The molecule has 0 bridgehead atoms. The van der Waals surface area contributed by atoms with Gasteiger partial charge in [-0.3, -0.25) is 15.0 Å². The second-order valence-electron chi connectivity index (χ2n) is 1.81. The Bertz CT molecular complexity index is 257. The Morgan fingerprint density at radius 2 is 2.45 bits per heavy atom. The van der Waals surface area contributed by atoms with Crippen LogP contribution in [0.1, 0.15) is 5.76 Å². The lowest BCUT2D eigenvalue weighted by molar-refractivity contribution is -0.402. The molecule has 1 heterocycles. The lowest BCUT2D eigenvalue weighted by Crippen LogP contribution is -1.97. The van der Waals surface area contributed by atoms with Gasteiger partial charge in [0.15, 0.2) is 0 Å². The Labute approximate surface area is 61.7 Å². The van der Waals surface area contributed by atoms with Crippen LogP contribution < -0.4 is 5.90 Å². The zero-order valence-corrected chi connectivity index (χ0v) is 5.52. The maximum atomic E-state index is 10.1. The lowest BCUT2D eigenvalue weighted by atomic mass is 10.5. The zero-order valence-electron chi connectivity index (χ0n) is 5.52. The molecule has 0 unspecified atom stereocenters. The largest absolute Gasteiger partial charge is 0.433 e. The molecule has 0 saturated carbocycles. The van der Waals surface area contributed by atoms with Crippen LogP contribution in [0.3, 0.4) is 0 Å². The van der Waals surface area contributed by atoms with Crippen LogP contribution in [0.5, 0.6) is 0 Å². The normalized spacial score (nSPS) is 9.91. The van der Waals surface area contributed by atoms with Crippen LogP contribution >= 0.6 is 0 Å². The fourth-order valence-corrected chi connectivity index (χ4v) is 0.624. The van der Waals surface area contributed by atoms with Crippen LogP contribution in [0.2, 0.25) is 0 Å². The second-order valence-corrected chi connectivity index (χ2v) is 1.81. The molecule has 0 atom stereocenters. The molecular weight excluding hydrogens is 152 g/mol. The minimum absolute atomic E-state index is 0.0356. The summed E-state index contributed by atoms with van der Waals surface area (Å²) < 4.78 is 4.68. The number of hydrogen-bond acceptors (Lipinski definition) is 5. The number of hydrogen-bond donors (Lipinski definition) is 1. The van der Waals surface area contributed by atoms with Crippen molar-refractivity contribution in [1.82, 2.24) is 0 Å². The van der Waals surface area contributed by atoms with Gasteiger partial charge in [-0.15, -0.1) is 0 Å². The van der Waals surface area contributed by atoms with Crippen molar-refractivity contribution in [1.29, 1.82) is 0 Å². The molecule has 0 fully saturated rings. The van der Waals surface area contributed by atoms with E-state index in [1.165, 1.54) is 12.1 Å². The van der Waals surface area contributed by atoms with Gasteiger partial charge in [-0.25, -0.2) is 5.90 Å². The fraction of sp³-hybridized carbons (Fsp3) is 0.200. The maximum Gasteiger partial charge on any atom is 0.433 e. The summed E-state index contributed by atoms with van der Waals surface area (Å²) in [6, 6.07) is 2.68. The molecule has 1 aromatic rings. The molecular formula is C5H6N2O4. The Hall–Kier alpha value is -1.40. The third-order valence-electron chi connectivity index (χ3n) is 1.05. The summed E-state index contributed by atoms with van der Waals surface area (Å²) in [6.07, 6.45) is 0. The first-order chi connectivity index (χ1) is 5.24. The first-order valence-electron chi connectivity index (χ1n) is 2.79. The maximum absolute atomic E-state index is 10.1. The second kappa shape index (κ2) is 3.13. The average Bonchev–Trinajstić information content (AvgIpc) is 2.37.